The minimum Gasteiger partial charge on any atom is -0.478 e. The van der Waals surface area contributed by atoms with Crippen LogP contribution in [0.5, 0.6) is 0 Å². The summed E-state index contributed by atoms with van der Waals surface area (Å²) in [6.07, 6.45) is 0.391. The Balaban J connectivity index is 3.10. The van der Waals surface area contributed by atoms with Crippen molar-refractivity contribution < 1.29 is 9.90 Å². The van der Waals surface area contributed by atoms with E-state index in [0.717, 1.165) is 11.3 Å². The number of hydrogen-bond donors (Lipinski definition) is 2. The molecule has 0 bridgehead atoms. The molecule has 0 aromatic heterocycles. The van der Waals surface area contributed by atoms with Gasteiger partial charge in [0.05, 0.1) is 18.1 Å². The number of nitrogens with zero attached hydrogens (tertiary/aromatic N) is 2. The van der Waals surface area contributed by atoms with Gasteiger partial charge in [0.15, 0.2) is 0 Å². The lowest BCUT2D eigenvalue weighted by Crippen LogP contribution is -2.19. The van der Waals surface area contributed by atoms with E-state index in [2.05, 4.69) is 0 Å². The standard InChI is InChI=1S/C12H15N3O2/c1-8-6-9(15(2)5-3-4-13)7-10(11(8)14)12(16)17/h6-7H,3,5,14H2,1-2H3,(H,16,17). The SMILES string of the molecule is Cc1cc(N(C)CCC#N)cc(C(=O)O)c1N. The van der Waals surface area contributed by atoms with E-state index in [1.807, 2.05) is 24.1 Å². The number of anilines is 2. The van der Waals surface area contributed by atoms with Crippen LogP contribution in [0.4, 0.5) is 11.4 Å². The number of carbonyl (C=O) groups is 1. The molecule has 0 radical (unpaired) electrons. The van der Waals surface area contributed by atoms with Crippen LogP contribution in [0.2, 0.25) is 0 Å². The average Bonchev–Trinajstić information content (AvgIpc) is 2.28. The highest BCUT2D eigenvalue weighted by Crippen LogP contribution is 2.24. The van der Waals surface area contributed by atoms with Gasteiger partial charge in [-0.05, 0) is 24.6 Å². The van der Waals surface area contributed by atoms with Crippen molar-refractivity contribution in [2.24, 2.45) is 0 Å². The number of nitriles is 1. The number of hydrogen-bond acceptors (Lipinski definition) is 4. The van der Waals surface area contributed by atoms with Crippen molar-refractivity contribution in [1.29, 1.82) is 5.26 Å². The van der Waals surface area contributed by atoms with Crippen LogP contribution in [-0.4, -0.2) is 24.7 Å². The zero-order valence-electron chi connectivity index (χ0n) is 9.90. The zero-order valence-corrected chi connectivity index (χ0v) is 9.90. The minimum atomic E-state index is -1.04. The first-order valence-electron chi connectivity index (χ1n) is 5.19. The number of nitrogens with two attached hydrogens (primary N) is 1. The summed E-state index contributed by atoms with van der Waals surface area (Å²) in [5.41, 5.74) is 7.57. The lowest BCUT2D eigenvalue weighted by Gasteiger charge is -2.19. The molecule has 0 heterocycles. The van der Waals surface area contributed by atoms with Gasteiger partial charge in [-0.15, -0.1) is 0 Å². The first-order chi connectivity index (χ1) is 7.97. The summed E-state index contributed by atoms with van der Waals surface area (Å²) < 4.78 is 0. The summed E-state index contributed by atoms with van der Waals surface area (Å²) in [5.74, 6) is -1.04. The maximum Gasteiger partial charge on any atom is 0.337 e. The Kier molecular flexibility index (Phi) is 3.94. The van der Waals surface area contributed by atoms with Crippen LogP contribution in [0.1, 0.15) is 22.3 Å². The van der Waals surface area contributed by atoms with Gasteiger partial charge >= 0.3 is 5.97 Å². The van der Waals surface area contributed by atoms with Gasteiger partial charge in [0.25, 0.3) is 0 Å². The molecule has 3 N–H and O–H groups in total. The van der Waals surface area contributed by atoms with Gasteiger partial charge in [-0.2, -0.15) is 5.26 Å². The lowest BCUT2D eigenvalue weighted by molar-refractivity contribution is 0.0698. The van der Waals surface area contributed by atoms with Gasteiger partial charge in [0.2, 0.25) is 0 Å². The van der Waals surface area contributed by atoms with E-state index in [0.29, 0.717) is 13.0 Å². The Labute approximate surface area is 100 Å². The van der Waals surface area contributed by atoms with Crippen molar-refractivity contribution in [3.05, 3.63) is 23.3 Å². The van der Waals surface area contributed by atoms with Crippen LogP contribution in [0.25, 0.3) is 0 Å². The summed E-state index contributed by atoms with van der Waals surface area (Å²) in [5, 5.41) is 17.5. The molecule has 0 aliphatic rings. The molecule has 0 amide bonds. The third-order valence-corrected chi connectivity index (χ3v) is 2.60. The van der Waals surface area contributed by atoms with Gasteiger partial charge in [0, 0.05) is 25.0 Å². The van der Waals surface area contributed by atoms with Gasteiger partial charge < -0.3 is 15.7 Å². The summed E-state index contributed by atoms with van der Waals surface area (Å²) >= 11 is 0. The fourth-order valence-electron chi connectivity index (χ4n) is 1.52. The van der Waals surface area contributed by atoms with Gasteiger partial charge in [0.1, 0.15) is 0 Å². The second-order valence-corrected chi connectivity index (χ2v) is 3.86. The monoisotopic (exact) mass is 233 g/mol. The summed E-state index contributed by atoms with van der Waals surface area (Å²) in [6.45, 7) is 2.32. The molecular weight excluding hydrogens is 218 g/mol. The second-order valence-electron chi connectivity index (χ2n) is 3.86. The maximum atomic E-state index is 11.0. The summed E-state index contributed by atoms with van der Waals surface area (Å²) in [6, 6.07) is 5.40. The molecule has 0 fully saturated rings. The number of carboxylic acids is 1. The number of aromatic carboxylic acids is 1. The van der Waals surface area contributed by atoms with Crippen molar-refractivity contribution in [1.82, 2.24) is 0 Å². The predicted molar refractivity (Wildman–Crippen MR) is 66.1 cm³/mol. The first-order valence-corrected chi connectivity index (χ1v) is 5.19. The van der Waals surface area contributed by atoms with Crippen LogP contribution in [0.15, 0.2) is 12.1 Å². The highest BCUT2D eigenvalue weighted by Gasteiger charge is 2.13. The predicted octanol–water partition coefficient (Wildman–Crippen LogP) is 1.63. The van der Waals surface area contributed by atoms with Crippen LogP contribution in [-0.2, 0) is 0 Å². The molecule has 0 saturated carbocycles. The van der Waals surface area contributed by atoms with Crippen molar-refractivity contribution in [3.8, 4) is 6.07 Å². The topological polar surface area (TPSA) is 90.3 Å². The van der Waals surface area contributed by atoms with E-state index in [1.54, 1.807) is 6.92 Å². The van der Waals surface area contributed by atoms with E-state index in [1.165, 1.54) is 6.07 Å². The van der Waals surface area contributed by atoms with Crippen molar-refractivity contribution in [2.45, 2.75) is 13.3 Å². The summed E-state index contributed by atoms with van der Waals surface area (Å²) in [4.78, 5) is 12.8. The van der Waals surface area contributed by atoms with Crippen molar-refractivity contribution in [3.63, 3.8) is 0 Å². The van der Waals surface area contributed by atoms with E-state index in [4.69, 9.17) is 16.1 Å². The Morgan fingerprint density at radius 1 is 1.59 bits per heavy atom. The molecule has 1 aromatic rings. The number of carboxylic acid groups (broad SMARTS) is 1. The molecular formula is C12H15N3O2. The maximum absolute atomic E-state index is 11.0. The van der Waals surface area contributed by atoms with Crippen molar-refractivity contribution in [2.75, 3.05) is 24.2 Å². The quantitative estimate of drug-likeness (QED) is 0.771. The number of aryl methyl sites for hydroxylation is 1. The smallest absolute Gasteiger partial charge is 0.337 e. The lowest BCUT2D eigenvalue weighted by atomic mass is 10.1. The minimum absolute atomic E-state index is 0.101. The van der Waals surface area contributed by atoms with Crippen LogP contribution >= 0.6 is 0 Å². The molecule has 5 heteroatoms. The first kappa shape index (κ1) is 12.8. The molecule has 0 saturated heterocycles. The second kappa shape index (κ2) is 5.21. The number of benzene rings is 1. The largest absolute Gasteiger partial charge is 0.478 e. The molecule has 1 aromatic carbocycles. The molecule has 0 unspecified atom stereocenters. The third-order valence-electron chi connectivity index (χ3n) is 2.60. The van der Waals surface area contributed by atoms with E-state index in [-0.39, 0.29) is 11.3 Å². The number of nitrogen functional groups attached to an aromatic ring is 1. The van der Waals surface area contributed by atoms with Crippen LogP contribution < -0.4 is 10.6 Å². The van der Waals surface area contributed by atoms with E-state index in [9.17, 15) is 4.79 Å². The molecule has 90 valence electrons. The zero-order chi connectivity index (χ0) is 13.0. The Bertz CT molecular complexity index is 477. The molecule has 17 heavy (non-hydrogen) atoms. The molecule has 0 spiro atoms. The molecule has 0 aliphatic carbocycles. The highest BCUT2D eigenvalue weighted by atomic mass is 16.4. The van der Waals surface area contributed by atoms with Crippen molar-refractivity contribution >= 4 is 17.3 Å². The normalized spacial score (nSPS) is 9.71. The fourth-order valence-corrected chi connectivity index (χ4v) is 1.52. The third kappa shape index (κ3) is 2.88. The molecule has 1 rings (SSSR count). The average molecular weight is 233 g/mol. The van der Waals surface area contributed by atoms with Gasteiger partial charge in [-0.1, -0.05) is 0 Å². The summed E-state index contributed by atoms with van der Waals surface area (Å²) in [7, 11) is 1.81. The van der Waals surface area contributed by atoms with Gasteiger partial charge in [-0.25, -0.2) is 4.79 Å². The number of rotatable bonds is 4. The van der Waals surface area contributed by atoms with Crippen LogP contribution in [0.3, 0.4) is 0 Å². The molecule has 5 nitrogen and oxygen atoms in total. The van der Waals surface area contributed by atoms with E-state index >= 15 is 0 Å². The highest BCUT2D eigenvalue weighted by molar-refractivity contribution is 5.95. The fraction of sp³-hybridized carbons (Fsp3) is 0.333. The Hall–Kier alpha value is -2.22. The Morgan fingerprint density at radius 3 is 2.76 bits per heavy atom. The van der Waals surface area contributed by atoms with Crippen LogP contribution in [0, 0.1) is 18.3 Å². The van der Waals surface area contributed by atoms with E-state index < -0.39 is 5.97 Å². The molecule has 0 aliphatic heterocycles. The Morgan fingerprint density at radius 2 is 2.24 bits per heavy atom. The van der Waals surface area contributed by atoms with Gasteiger partial charge in [-0.3, -0.25) is 0 Å². The molecule has 0 atom stereocenters.